The second kappa shape index (κ2) is 9.99. The summed E-state index contributed by atoms with van der Waals surface area (Å²) in [5, 5.41) is 8.40. The molecule has 4 rings (SSSR count). The molecular weight excluding hydrogens is 428 g/mol. The minimum Gasteiger partial charge on any atom is -0.369 e. The zero-order chi connectivity index (χ0) is 22.7. The Morgan fingerprint density at radius 3 is 2.16 bits per heavy atom. The molecule has 1 amide bonds. The first-order valence-corrected chi connectivity index (χ1v) is 11.5. The number of carbonyl (C=O) groups excluding carboxylic acids is 1. The summed E-state index contributed by atoms with van der Waals surface area (Å²) < 4.78 is 0. The number of hydrogen-bond donors (Lipinski definition) is 2. The molecule has 2 aromatic rings. The van der Waals surface area contributed by atoms with E-state index in [1.807, 2.05) is 19.1 Å². The Balaban J connectivity index is 1.38. The lowest BCUT2D eigenvalue weighted by molar-refractivity contribution is -0.0564. The van der Waals surface area contributed by atoms with Crippen LogP contribution in [0.5, 0.6) is 0 Å². The van der Waals surface area contributed by atoms with Crippen molar-refractivity contribution in [2.24, 2.45) is 5.73 Å². The maximum atomic E-state index is 11.8. The number of nitrogens with one attached hydrogen (secondary N) is 1. The maximum Gasteiger partial charge on any atom is 0.271 e. The molecule has 2 fully saturated rings. The van der Waals surface area contributed by atoms with Crippen LogP contribution in [-0.2, 0) is 6.42 Å². The SMILES string of the molecule is CCc1nc(C(N)=O)c(Nc2ccc(N3CCN(N4CCN(C)CC4)CC3)cc2)nc1Cl. The Hall–Kier alpha value is -2.46. The van der Waals surface area contributed by atoms with Gasteiger partial charge < -0.3 is 20.9 Å². The van der Waals surface area contributed by atoms with Crippen molar-refractivity contribution in [2.45, 2.75) is 13.3 Å². The predicted molar refractivity (Wildman–Crippen MR) is 128 cm³/mol. The van der Waals surface area contributed by atoms with E-state index in [-0.39, 0.29) is 16.7 Å². The van der Waals surface area contributed by atoms with E-state index in [1.165, 1.54) is 5.69 Å². The van der Waals surface area contributed by atoms with Crippen LogP contribution in [0.3, 0.4) is 0 Å². The van der Waals surface area contributed by atoms with Crippen molar-refractivity contribution in [1.29, 1.82) is 0 Å². The van der Waals surface area contributed by atoms with Gasteiger partial charge >= 0.3 is 0 Å². The molecule has 32 heavy (non-hydrogen) atoms. The summed E-state index contributed by atoms with van der Waals surface area (Å²) in [5.74, 6) is -0.366. The number of rotatable bonds is 6. The Morgan fingerprint density at radius 1 is 1.00 bits per heavy atom. The Morgan fingerprint density at radius 2 is 1.59 bits per heavy atom. The highest BCUT2D eigenvalue weighted by Gasteiger charge is 2.24. The lowest BCUT2D eigenvalue weighted by atomic mass is 10.2. The van der Waals surface area contributed by atoms with Gasteiger partial charge in [0.05, 0.1) is 5.69 Å². The van der Waals surface area contributed by atoms with Gasteiger partial charge in [0.15, 0.2) is 16.7 Å². The molecule has 0 radical (unpaired) electrons. The largest absolute Gasteiger partial charge is 0.369 e. The first-order chi connectivity index (χ1) is 15.4. The Bertz CT molecular complexity index is 938. The van der Waals surface area contributed by atoms with Crippen molar-refractivity contribution >= 4 is 34.7 Å². The maximum absolute atomic E-state index is 11.8. The molecule has 10 heteroatoms. The fourth-order valence-electron chi connectivity index (χ4n) is 4.14. The number of aromatic nitrogens is 2. The normalized spacial score (nSPS) is 18.7. The summed E-state index contributed by atoms with van der Waals surface area (Å²) >= 11 is 6.19. The van der Waals surface area contributed by atoms with E-state index in [1.54, 1.807) is 0 Å². The van der Waals surface area contributed by atoms with Crippen molar-refractivity contribution in [3.05, 3.63) is 40.8 Å². The molecule has 172 valence electrons. The smallest absolute Gasteiger partial charge is 0.271 e. The van der Waals surface area contributed by atoms with Crippen molar-refractivity contribution in [2.75, 3.05) is 69.6 Å². The summed E-state index contributed by atoms with van der Waals surface area (Å²) in [6.07, 6.45) is 0.573. The Labute approximate surface area is 194 Å². The molecule has 0 saturated carbocycles. The second-order valence-corrected chi connectivity index (χ2v) is 8.60. The van der Waals surface area contributed by atoms with Gasteiger partial charge in [0.25, 0.3) is 5.91 Å². The van der Waals surface area contributed by atoms with Gasteiger partial charge in [-0.2, -0.15) is 0 Å². The van der Waals surface area contributed by atoms with Gasteiger partial charge in [-0.1, -0.05) is 18.5 Å². The molecule has 0 atom stereocenters. The van der Waals surface area contributed by atoms with Crippen molar-refractivity contribution in [3.8, 4) is 0 Å². The monoisotopic (exact) mass is 458 g/mol. The summed E-state index contributed by atoms with van der Waals surface area (Å²) in [4.78, 5) is 25.2. The van der Waals surface area contributed by atoms with E-state index in [4.69, 9.17) is 17.3 Å². The van der Waals surface area contributed by atoms with E-state index in [0.29, 0.717) is 12.1 Å². The zero-order valence-electron chi connectivity index (χ0n) is 18.7. The molecule has 3 heterocycles. The summed E-state index contributed by atoms with van der Waals surface area (Å²) in [7, 11) is 2.18. The van der Waals surface area contributed by atoms with Crippen LogP contribution in [-0.4, -0.2) is 90.2 Å². The Kier molecular flexibility index (Phi) is 7.10. The molecular formula is C22H31ClN8O. The number of amides is 1. The van der Waals surface area contributed by atoms with E-state index < -0.39 is 5.91 Å². The van der Waals surface area contributed by atoms with Crippen LogP contribution in [0.4, 0.5) is 17.2 Å². The quantitative estimate of drug-likeness (QED) is 0.677. The lowest BCUT2D eigenvalue weighted by Crippen LogP contribution is -2.58. The van der Waals surface area contributed by atoms with Crippen LogP contribution in [0.25, 0.3) is 0 Å². The van der Waals surface area contributed by atoms with Crippen molar-refractivity contribution < 1.29 is 4.79 Å². The summed E-state index contributed by atoms with van der Waals surface area (Å²) in [6.45, 7) is 10.4. The molecule has 9 nitrogen and oxygen atoms in total. The van der Waals surface area contributed by atoms with Crippen molar-refractivity contribution in [3.63, 3.8) is 0 Å². The molecule has 2 aliphatic heterocycles. The predicted octanol–water partition coefficient (Wildman–Crippen LogP) is 1.82. The van der Waals surface area contributed by atoms with Crippen LogP contribution in [0.15, 0.2) is 24.3 Å². The van der Waals surface area contributed by atoms with Gasteiger partial charge in [-0.15, -0.1) is 0 Å². The number of carbonyl (C=O) groups is 1. The molecule has 0 spiro atoms. The minimum absolute atomic E-state index is 0.0929. The average Bonchev–Trinajstić information content (AvgIpc) is 2.80. The highest BCUT2D eigenvalue weighted by atomic mass is 35.5. The molecule has 2 aliphatic rings. The number of anilines is 3. The lowest BCUT2D eigenvalue weighted by Gasteiger charge is -2.44. The number of piperazine rings is 2. The standard InChI is InChI=1S/C22H31ClN8O/c1-3-18-20(23)27-22(19(26-18)21(24)32)25-16-4-6-17(7-5-16)29-10-14-31(15-11-29)30-12-8-28(2)9-13-30/h4-7H,3,8-15H2,1-2H3,(H2,24,32)(H,25,27). The topological polar surface area (TPSA) is 93.9 Å². The molecule has 3 N–H and O–H groups in total. The van der Waals surface area contributed by atoms with Crippen LogP contribution in [0.1, 0.15) is 23.1 Å². The van der Waals surface area contributed by atoms with Gasteiger partial charge in [-0.05, 0) is 37.7 Å². The fraction of sp³-hybridized carbons (Fsp3) is 0.500. The third-order valence-corrected chi connectivity index (χ3v) is 6.42. The second-order valence-electron chi connectivity index (χ2n) is 8.25. The van der Waals surface area contributed by atoms with Gasteiger partial charge in [-0.3, -0.25) is 4.79 Å². The van der Waals surface area contributed by atoms with E-state index in [2.05, 4.69) is 54.3 Å². The van der Waals surface area contributed by atoms with Crippen LogP contribution >= 0.6 is 11.6 Å². The molecule has 2 saturated heterocycles. The highest BCUT2D eigenvalue weighted by Crippen LogP contribution is 2.25. The third-order valence-electron chi connectivity index (χ3n) is 6.12. The van der Waals surface area contributed by atoms with Gasteiger partial charge in [-0.25, -0.2) is 20.0 Å². The number of benzene rings is 1. The number of aryl methyl sites for hydroxylation is 1. The summed E-state index contributed by atoms with van der Waals surface area (Å²) in [6, 6.07) is 8.09. The van der Waals surface area contributed by atoms with Crippen molar-refractivity contribution in [1.82, 2.24) is 24.9 Å². The van der Waals surface area contributed by atoms with Crippen LogP contribution in [0.2, 0.25) is 5.15 Å². The summed E-state index contributed by atoms with van der Waals surface area (Å²) in [5.41, 5.74) is 8.11. The number of hydrogen-bond acceptors (Lipinski definition) is 8. The first kappa shape index (κ1) is 22.7. The van der Waals surface area contributed by atoms with Gasteiger partial charge in [0.2, 0.25) is 0 Å². The number of likely N-dealkylation sites (N-methyl/N-ethyl adjacent to an activating group) is 1. The minimum atomic E-state index is -0.638. The van der Waals surface area contributed by atoms with Crippen LogP contribution in [0, 0.1) is 0 Å². The van der Waals surface area contributed by atoms with Crippen LogP contribution < -0.4 is 16.0 Å². The molecule has 0 aliphatic carbocycles. The molecule has 0 unspecified atom stereocenters. The van der Waals surface area contributed by atoms with E-state index in [9.17, 15) is 4.79 Å². The van der Waals surface area contributed by atoms with Gasteiger partial charge in [0.1, 0.15) is 0 Å². The third kappa shape index (κ3) is 5.12. The molecule has 1 aromatic heterocycles. The number of nitrogens with zero attached hydrogens (tertiary/aromatic N) is 6. The number of primary amides is 1. The number of nitrogens with two attached hydrogens (primary N) is 1. The molecule has 0 bridgehead atoms. The molecule has 1 aromatic carbocycles. The fourth-order valence-corrected chi connectivity index (χ4v) is 4.40. The zero-order valence-corrected chi connectivity index (χ0v) is 19.5. The number of halogens is 1. The van der Waals surface area contributed by atoms with E-state index in [0.717, 1.165) is 58.0 Å². The first-order valence-electron chi connectivity index (χ1n) is 11.1. The van der Waals surface area contributed by atoms with Gasteiger partial charge in [0, 0.05) is 63.7 Å². The average molecular weight is 459 g/mol. The van der Waals surface area contributed by atoms with E-state index >= 15 is 0 Å². The highest BCUT2D eigenvalue weighted by molar-refractivity contribution is 6.30. The number of hydrazine groups is 1.